The van der Waals surface area contributed by atoms with Gasteiger partial charge in [0.2, 0.25) is 0 Å². The van der Waals surface area contributed by atoms with Crippen LogP contribution >= 0.6 is 0 Å². The van der Waals surface area contributed by atoms with Gasteiger partial charge in [0.05, 0.1) is 12.6 Å². The lowest BCUT2D eigenvalue weighted by molar-refractivity contribution is 0.0320. The molecule has 1 heterocycles. The molecule has 0 saturated carbocycles. The molecule has 0 aromatic heterocycles. The van der Waals surface area contributed by atoms with Gasteiger partial charge in [0, 0.05) is 17.4 Å². The molecular weight excluding hydrogens is 210 g/mol. The molecule has 1 aromatic rings. The van der Waals surface area contributed by atoms with Crippen LogP contribution in [-0.4, -0.2) is 18.8 Å². The van der Waals surface area contributed by atoms with Gasteiger partial charge in [-0.05, 0) is 6.08 Å². The standard InChI is InChI=1S/C12H12F2N2/c13-12(14,9-4-2-1-3-5-9)10-6-7-16-8-11(10)15/h1-7,11H,8,15H2. The van der Waals surface area contributed by atoms with E-state index >= 15 is 0 Å². The van der Waals surface area contributed by atoms with Crippen molar-refractivity contribution in [2.24, 2.45) is 10.7 Å². The molecule has 2 N–H and O–H groups in total. The van der Waals surface area contributed by atoms with E-state index < -0.39 is 12.0 Å². The van der Waals surface area contributed by atoms with Crippen molar-refractivity contribution in [3.8, 4) is 0 Å². The van der Waals surface area contributed by atoms with Gasteiger partial charge in [0.15, 0.2) is 0 Å². The molecule has 1 aliphatic rings. The number of benzene rings is 1. The van der Waals surface area contributed by atoms with Crippen molar-refractivity contribution in [1.82, 2.24) is 0 Å². The first kappa shape index (κ1) is 11.0. The van der Waals surface area contributed by atoms with Gasteiger partial charge in [-0.1, -0.05) is 30.3 Å². The van der Waals surface area contributed by atoms with Crippen LogP contribution in [0.3, 0.4) is 0 Å². The van der Waals surface area contributed by atoms with E-state index in [4.69, 9.17) is 5.73 Å². The molecule has 1 atom stereocenters. The summed E-state index contributed by atoms with van der Waals surface area (Å²) in [5, 5.41) is 0. The molecule has 0 radical (unpaired) electrons. The summed E-state index contributed by atoms with van der Waals surface area (Å²) in [7, 11) is 0. The molecule has 4 heteroatoms. The van der Waals surface area contributed by atoms with Gasteiger partial charge in [-0.3, -0.25) is 4.99 Å². The first-order valence-corrected chi connectivity index (χ1v) is 5.02. The zero-order chi connectivity index (χ0) is 11.6. The van der Waals surface area contributed by atoms with Gasteiger partial charge in [-0.2, -0.15) is 8.78 Å². The van der Waals surface area contributed by atoms with Gasteiger partial charge in [-0.15, -0.1) is 0 Å². The van der Waals surface area contributed by atoms with Crippen LogP contribution in [0.25, 0.3) is 0 Å². The minimum atomic E-state index is -3.02. The number of nitrogens with zero attached hydrogens (tertiary/aromatic N) is 1. The second kappa shape index (κ2) is 4.14. The van der Waals surface area contributed by atoms with Crippen molar-refractivity contribution in [1.29, 1.82) is 0 Å². The van der Waals surface area contributed by atoms with Crippen LogP contribution in [0.1, 0.15) is 5.56 Å². The number of halogens is 2. The normalized spacial score (nSPS) is 20.7. The molecule has 0 amide bonds. The summed E-state index contributed by atoms with van der Waals surface area (Å²) in [6, 6.07) is 6.98. The van der Waals surface area contributed by atoms with Crippen LogP contribution in [0.15, 0.2) is 47.0 Å². The number of aliphatic imine (C=N–C) groups is 1. The van der Waals surface area contributed by atoms with Crippen molar-refractivity contribution in [3.05, 3.63) is 47.5 Å². The minimum absolute atomic E-state index is 0.0352. The fraction of sp³-hybridized carbons (Fsp3) is 0.250. The highest BCUT2D eigenvalue weighted by atomic mass is 19.3. The maximum atomic E-state index is 14.1. The van der Waals surface area contributed by atoms with E-state index in [0.29, 0.717) is 0 Å². The molecule has 0 fully saturated rings. The highest BCUT2D eigenvalue weighted by Gasteiger charge is 2.39. The molecule has 2 nitrogen and oxygen atoms in total. The Bertz CT molecular complexity index is 424. The average molecular weight is 222 g/mol. The highest BCUT2D eigenvalue weighted by molar-refractivity contribution is 5.74. The minimum Gasteiger partial charge on any atom is -0.322 e. The van der Waals surface area contributed by atoms with E-state index in [0.717, 1.165) is 0 Å². The molecule has 2 rings (SSSR count). The third-order valence-electron chi connectivity index (χ3n) is 2.56. The summed E-state index contributed by atoms with van der Waals surface area (Å²) in [5.41, 5.74) is 5.53. The lowest BCUT2D eigenvalue weighted by atomic mass is 9.93. The smallest absolute Gasteiger partial charge is 0.296 e. The number of hydrogen-bond donors (Lipinski definition) is 1. The lowest BCUT2D eigenvalue weighted by Gasteiger charge is -2.25. The molecular formula is C12H12F2N2. The van der Waals surface area contributed by atoms with Gasteiger partial charge in [0.25, 0.3) is 5.92 Å². The van der Waals surface area contributed by atoms with E-state index in [1.165, 1.54) is 24.4 Å². The summed E-state index contributed by atoms with van der Waals surface area (Å²) in [6.07, 6.45) is 2.69. The van der Waals surface area contributed by atoms with Crippen molar-refractivity contribution >= 4 is 6.21 Å². The van der Waals surface area contributed by atoms with E-state index in [1.807, 2.05) is 0 Å². The molecule has 0 aliphatic carbocycles. The van der Waals surface area contributed by atoms with Crippen molar-refractivity contribution < 1.29 is 8.78 Å². The maximum Gasteiger partial charge on any atom is 0.296 e. The Kier molecular flexibility index (Phi) is 2.83. The van der Waals surface area contributed by atoms with Crippen molar-refractivity contribution in [2.75, 3.05) is 6.54 Å². The summed E-state index contributed by atoms with van der Waals surface area (Å²) in [5.74, 6) is -3.02. The van der Waals surface area contributed by atoms with Gasteiger partial charge in [0.1, 0.15) is 0 Å². The molecule has 1 aliphatic heterocycles. The van der Waals surface area contributed by atoms with Crippen LogP contribution in [-0.2, 0) is 5.92 Å². The zero-order valence-electron chi connectivity index (χ0n) is 8.61. The highest BCUT2D eigenvalue weighted by Crippen LogP contribution is 2.37. The number of alkyl halides is 2. The van der Waals surface area contributed by atoms with E-state index in [9.17, 15) is 8.78 Å². The predicted octanol–water partition coefficient (Wildman–Crippen LogP) is 2.12. The fourth-order valence-corrected chi connectivity index (χ4v) is 1.68. The second-order valence-corrected chi connectivity index (χ2v) is 3.68. The van der Waals surface area contributed by atoms with Gasteiger partial charge >= 0.3 is 0 Å². The Morgan fingerprint density at radius 2 is 1.94 bits per heavy atom. The number of allylic oxidation sites excluding steroid dienone is 1. The third-order valence-corrected chi connectivity index (χ3v) is 2.56. The average Bonchev–Trinajstić information content (AvgIpc) is 2.30. The van der Waals surface area contributed by atoms with Gasteiger partial charge in [-0.25, -0.2) is 0 Å². The Balaban J connectivity index is 2.39. The molecule has 0 bridgehead atoms. The maximum absolute atomic E-state index is 14.1. The molecule has 84 valence electrons. The van der Waals surface area contributed by atoms with E-state index in [-0.39, 0.29) is 17.7 Å². The van der Waals surface area contributed by atoms with Crippen LogP contribution in [0.4, 0.5) is 8.78 Å². The number of hydrogen-bond acceptors (Lipinski definition) is 2. The third kappa shape index (κ3) is 1.88. The van der Waals surface area contributed by atoms with E-state index in [2.05, 4.69) is 4.99 Å². The van der Waals surface area contributed by atoms with Gasteiger partial charge < -0.3 is 5.73 Å². The summed E-state index contributed by atoms with van der Waals surface area (Å²) >= 11 is 0. The Labute approximate surface area is 92.5 Å². The summed E-state index contributed by atoms with van der Waals surface area (Å²) in [6.45, 7) is 0.217. The lowest BCUT2D eigenvalue weighted by Crippen LogP contribution is -2.36. The number of nitrogens with two attached hydrogens (primary N) is 1. The zero-order valence-corrected chi connectivity index (χ0v) is 8.61. The Morgan fingerprint density at radius 3 is 2.56 bits per heavy atom. The quantitative estimate of drug-likeness (QED) is 0.817. The fourth-order valence-electron chi connectivity index (χ4n) is 1.68. The molecule has 1 unspecified atom stereocenters. The number of dihydropyridines is 1. The van der Waals surface area contributed by atoms with E-state index in [1.54, 1.807) is 18.2 Å². The molecule has 0 spiro atoms. The Hall–Kier alpha value is -1.55. The van der Waals surface area contributed by atoms with Crippen LogP contribution in [0, 0.1) is 0 Å². The van der Waals surface area contributed by atoms with Crippen molar-refractivity contribution in [3.63, 3.8) is 0 Å². The topological polar surface area (TPSA) is 38.4 Å². The molecule has 16 heavy (non-hydrogen) atoms. The number of rotatable bonds is 2. The summed E-state index contributed by atoms with van der Waals surface area (Å²) < 4.78 is 28.2. The Morgan fingerprint density at radius 1 is 1.25 bits per heavy atom. The van der Waals surface area contributed by atoms with Crippen LogP contribution < -0.4 is 5.73 Å². The SMILES string of the molecule is NC1CN=CC=C1C(F)(F)c1ccccc1. The second-order valence-electron chi connectivity index (χ2n) is 3.68. The molecule has 1 aromatic carbocycles. The van der Waals surface area contributed by atoms with Crippen LogP contribution in [0.5, 0.6) is 0 Å². The van der Waals surface area contributed by atoms with Crippen molar-refractivity contribution in [2.45, 2.75) is 12.0 Å². The first-order chi connectivity index (χ1) is 7.62. The monoisotopic (exact) mass is 222 g/mol. The summed E-state index contributed by atoms with van der Waals surface area (Å²) in [4.78, 5) is 3.86. The largest absolute Gasteiger partial charge is 0.322 e. The molecule has 0 saturated heterocycles. The first-order valence-electron chi connectivity index (χ1n) is 5.02. The predicted molar refractivity (Wildman–Crippen MR) is 59.8 cm³/mol. The van der Waals surface area contributed by atoms with Crippen LogP contribution in [0.2, 0.25) is 0 Å².